The van der Waals surface area contributed by atoms with Crippen molar-refractivity contribution >= 4 is 5.97 Å². The van der Waals surface area contributed by atoms with Crippen LogP contribution >= 0.6 is 0 Å². The molecule has 0 radical (unpaired) electrons. The van der Waals surface area contributed by atoms with Gasteiger partial charge in [0.1, 0.15) is 0 Å². The van der Waals surface area contributed by atoms with Crippen molar-refractivity contribution in [2.45, 2.75) is 26.7 Å². The fourth-order valence-corrected chi connectivity index (χ4v) is 1.57. The molecule has 1 rings (SSSR count). The van der Waals surface area contributed by atoms with E-state index >= 15 is 0 Å². The van der Waals surface area contributed by atoms with Crippen molar-refractivity contribution in [3.8, 4) is 0 Å². The van der Waals surface area contributed by atoms with Gasteiger partial charge in [-0.15, -0.1) is 0 Å². The molecule has 1 unspecified atom stereocenters. The van der Waals surface area contributed by atoms with Crippen molar-refractivity contribution in [2.75, 3.05) is 0 Å². The maximum atomic E-state index is 10.6. The monoisotopic (exact) mass is 218 g/mol. The van der Waals surface area contributed by atoms with E-state index in [9.17, 15) is 4.79 Å². The van der Waals surface area contributed by atoms with Gasteiger partial charge in [-0.05, 0) is 31.2 Å². The molecule has 0 amide bonds. The van der Waals surface area contributed by atoms with Crippen LogP contribution in [0.3, 0.4) is 0 Å². The van der Waals surface area contributed by atoms with Gasteiger partial charge in [0, 0.05) is 5.57 Å². The Morgan fingerprint density at radius 2 is 2.00 bits per heavy atom. The molecule has 0 heterocycles. The summed E-state index contributed by atoms with van der Waals surface area (Å²) in [5, 5.41) is 8.72. The van der Waals surface area contributed by atoms with Crippen molar-refractivity contribution in [3.63, 3.8) is 0 Å². The highest BCUT2D eigenvalue weighted by Gasteiger charge is 2.04. The number of carboxylic acids is 1. The van der Waals surface area contributed by atoms with Gasteiger partial charge in [0.15, 0.2) is 0 Å². The number of hydrogen-bond donors (Lipinski definition) is 1. The lowest BCUT2D eigenvalue weighted by atomic mass is 9.97. The van der Waals surface area contributed by atoms with Crippen LogP contribution < -0.4 is 0 Å². The van der Waals surface area contributed by atoms with Gasteiger partial charge in [-0.25, -0.2) is 4.79 Å². The molecule has 2 nitrogen and oxygen atoms in total. The third-order valence-corrected chi connectivity index (χ3v) is 2.59. The van der Waals surface area contributed by atoms with Crippen molar-refractivity contribution in [2.24, 2.45) is 5.92 Å². The molecule has 0 bridgehead atoms. The predicted molar refractivity (Wildman–Crippen MR) is 65.3 cm³/mol. The van der Waals surface area contributed by atoms with Crippen LogP contribution in [0.5, 0.6) is 0 Å². The number of hydrogen-bond acceptors (Lipinski definition) is 1. The Labute approximate surface area is 96.6 Å². The first-order valence-corrected chi connectivity index (χ1v) is 5.53. The van der Waals surface area contributed by atoms with Crippen LogP contribution in [0.1, 0.15) is 25.8 Å². The number of carbonyl (C=O) groups is 1. The summed E-state index contributed by atoms with van der Waals surface area (Å²) in [5.74, 6) is -0.358. The summed E-state index contributed by atoms with van der Waals surface area (Å²) in [4.78, 5) is 10.6. The fraction of sp³-hybridized carbons (Fsp3) is 0.357. The molecule has 16 heavy (non-hydrogen) atoms. The molecular weight excluding hydrogens is 200 g/mol. The second-order valence-corrected chi connectivity index (χ2v) is 4.22. The molecule has 0 aliphatic carbocycles. The molecule has 0 spiro atoms. The zero-order valence-electron chi connectivity index (χ0n) is 9.81. The summed E-state index contributed by atoms with van der Waals surface area (Å²) in [7, 11) is 0. The third-order valence-electron chi connectivity index (χ3n) is 2.59. The minimum atomic E-state index is -0.827. The van der Waals surface area contributed by atoms with Crippen molar-refractivity contribution < 1.29 is 9.90 Å². The molecular formula is C14H18O2. The summed E-state index contributed by atoms with van der Waals surface area (Å²) in [6, 6.07) is 10.3. The third kappa shape index (κ3) is 4.30. The van der Waals surface area contributed by atoms with Crippen molar-refractivity contribution in [1.82, 2.24) is 0 Å². The number of benzene rings is 1. The molecule has 1 N–H and O–H groups in total. The molecule has 2 heteroatoms. The minimum absolute atomic E-state index is 0.430. The quantitative estimate of drug-likeness (QED) is 0.770. The second-order valence-electron chi connectivity index (χ2n) is 4.22. The molecule has 0 aliphatic heterocycles. The summed E-state index contributed by atoms with van der Waals surface area (Å²) in [6.07, 6.45) is 3.60. The molecule has 0 saturated heterocycles. The Hall–Kier alpha value is -1.57. The van der Waals surface area contributed by atoms with Crippen LogP contribution in [0.2, 0.25) is 0 Å². The average molecular weight is 218 g/mol. The van der Waals surface area contributed by atoms with Crippen LogP contribution in [0, 0.1) is 5.92 Å². The second kappa shape index (κ2) is 6.11. The van der Waals surface area contributed by atoms with Crippen molar-refractivity contribution in [3.05, 3.63) is 47.5 Å². The number of aliphatic carboxylic acids is 1. The number of carboxylic acid groups (broad SMARTS) is 1. The van der Waals surface area contributed by atoms with Crippen LogP contribution in [-0.2, 0) is 11.2 Å². The summed E-state index contributed by atoms with van der Waals surface area (Å²) < 4.78 is 0. The Morgan fingerprint density at radius 3 is 2.56 bits per heavy atom. The van der Waals surface area contributed by atoms with E-state index in [0.717, 1.165) is 12.8 Å². The highest BCUT2D eigenvalue weighted by molar-refractivity contribution is 5.85. The molecule has 0 saturated carbocycles. The Bertz CT molecular complexity index is 366. The van der Waals surface area contributed by atoms with E-state index in [0.29, 0.717) is 11.5 Å². The first-order valence-electron chi connectivity index (χ1n) is 5.53. The largest absolute Gasteiger partial charge is 0.478 e. The van der Waals surface area contributed by atoms with Gasteiger partial charge < -0.3 is 5.11 Å². The van der Waals surface area contributed by atoms with Crippen LogP contribution in [0.4, 0.5) is 0 Å². The van der Waals surface area contributed by atoms with Crippen LogP contribution in [0.15, 0.2) is 42.0 Å². The fourth-order valence-electron chi connectivity index (χ4n) is 1.57. The van der Waals surface area contributed by atoms with Gasteiger partial charge in [-0.2, -0.15) is 0 Å². The zero-order valence-corrected chi connectivity index (χ0v) is 9.81. The first kappa shape index (κ1) is 12.5. The number of rotatable bonds is 5. The van der Waals surface area contributed by atoms with E-state index in [-0.39, 0.29) is 0 Å². The lowest BCUT2D eigenvalue weighted by Crippen LogP contribution is -2.01. The zero-order chi connectivity index (χ0) is 12.0. The first-order chi connectivity index (χ1) is 7.59. The number of allylic oxidation sites excluding steroid dienone is 1. The van der Waals surface area contributed by atoms with Gasteiger partial charge in [0.05, 0.1) is 0 Å². The molecule has 1 atom stereocenters. The molecule has 0 aliphatic rings. The van der Waals surface area contributed by atoms with E-state index in [1.54, 1.807) is 13.0 Å². The Morgan fingerprint density at radius 1 is 1.38 bits per heavy atom. The van der Waals surface area contributed by atoms with Crippen LogP contribution in [0.25, 0.3) is 0 Å². The SMILES string of the molecule is C/C(=C\CC(C)Cc1ccccc1)C(=O)O. The van der Waals surface area contributed by atoms with Crippen LogP contribution in [-0.4, -0.2) is 11.1 Å². The van der Waals surface area contributed by atoms with E-state index in [4.69, 9.17) is 5.11 Å². The molecule has 0 fully saturated rings. The van der Waals surface area contributed by atoms with E-state index < -0.39 is 5.97 Å². The van der Waals surface area contributed by atoms with Gasteiger partial charge in [0.25, 0.3) is 0 Å². The average Bonchev–Trinajstić information content (AvgIpc) is 2.27. The van der Waals surface area contributed by atoms with Gasteiger partial charge in [-0.1, -0.05) is 43.3 Å². The lowest BCUT2D eigenvalue weighted by molar-refractivity contribution is -0.132. The van der Waals surface area contributed by atoms with Gasteiger partial charge in [-0.3, -0.25) is 0 Å². The highest BCUT2D eigenvalue weighted by Crippen LogP contribution is 2.13. The Balaban J connectivity index is 2.46. The lowest BCUT2D eigenvalue weighted by Gasteiger charge is -2.08. The maximum Gasteiger partial charge on any atom is 0.330 e. The molecule has 1 aromatic carbocycles. The van der Waals surface area contributed by atoms with Gasteiger partial charge >= 0.3 is 5.97 Å². The topological polar surface area (TPSA) is 37.3 Å². The standard InChI is InChI=1S/C14H18O2/c1-11(8-9-12(2)14(15)16)10-13-6-4-3-5-7-13/h3-7,9,11H,8,10H2,1-2H3,(H,15,16)/b12-9+. The molecule has 86 valence electrons. The highest BCUT2D eigenvalue weighted by atomic mass is 16.4. The molecule has 1 aromatic rings. The minimum Gasteiger partial charge on any atom is -0.478 e. The van der Waals surface area contributed by atoms with E-state index in [2.05, 4.69) is 19.1 Å². The summed E-state index contributed by atoms with van der Waals surface area (Å²) in [5.41, 5.74) is 1.73. The summed E-state index contributed by atoms with van der Waals surface area (Å²) in [6.45, 7) is 3.77. The normalized spacial score (nSPS) is 13.5. The van der Waals surface area contributed by atoms with E-state index in [1.165, 1.54) is 5.56 Å². The maximum absolute atomic E-state index is 10.6. The predicted octanol–water partition coefficient (Wildman–Crippen LogP) is 3.29. The molecule has 0 aromatic heterocycles. The van der Waals surface area contributed by atoms with Gasteiger partial charge in [0.2, 0.25) is 0 Å². The Kier molecular flexibility index (Phi) is 4.77. The van der Waals surface area contributed by atoms with E-state index in [1.807, 2.05) is 18.2 Å². The smallest absolute Gasteiger partial charge is 0.330 e. The summed E-state index contributed by atoms with van der Waals surface area (Å²) >= 11 is 0. The van der Waals surface area contributed by atoms with Crippen molar-refractivity contribution in [1.29, 1.82) is 0 Å².